The minimum atomic E-state index is -0.618. The van der Waals surface area contributed by atoms with Crippen LogP contribution in [0.5, 0.6) is 5.75 Å². The first kappa shape index (κ1) is 22.7. The molecule has 0 saturated carbocycles. The molecule has 1 atom stereocenters. The zero-order chi connectivity index (χ0) is 22.6. The van der Waals surface area contributed by atoms with E-state index in [4.69, 9.17) is 14.5 Å². The Bertz CT molecular complexity index is 1060. The molecule has 1 fully saturated rings. The van der Waals surface area contributed by atoms with E-state index in [1.165, 1.54) is 0 Å². The van der Waals surface area contributed by atoms with E-state index in [9.17, 15) is 4.79 Å². The van der Waals surface area contributed by atoms with Gasteiger partial charge in [-0.1, -0.05) is 24.3 Å². The molecule has 2 aromatic carbocycles. The molecule has 1 aliphatic heterocycles. The summed E-state index contributed by atoms with van der Waals surface area (Å²) in [7, 11) is 3.68. The Kier molecular flexibility index (Phi) is 7.06. The number of imidazole rings is 1. The molecule has 0 spiro atoms. The number of aromatic nitrogens is 2. The fourth-order valence-corrected chi connectivity index (χ4v) is 5.02. The highest BCUT2D eigenvalue weighted by Gasteiger charge is 2.42. The third kappa shape index (κ3) is 4.36. The van der Waals surface area contributed by atoms with E-state index in [-0.39, 0.29) is 11.9 Å². The Hall–Kier alpha value is -2.51. The van der Waals surface area contributed by atoms with Crippen molar-refractivity contribution in [3.8, 4) is 5.75 Å². The van der Waals surface area contributed by atoms with Gasteiger partial charge in [0.15, 0.2) is 0 Å². The number of nitrogens with zero attached hydrogens (tertiary/aromatic N) is 2. The van der Waals surface area contributed by atoms with Gasteiger partial charge < -0.3 is 19.4 Å². The van der Waals surface area contributed by atoms with Gasteiger partial charge in [0.25, 0.3) is 0 Å². The van der Waals surface area contributed by atoms with Crippen molar-refractivity contribution in [1.29, 1.82) is 0 Å². The lowest BCUT2D eigenvalue weighted by molar-refractivity contribution is -0.131. The molecular weight excluding hydrogens is 422 g/mol. The van der Waals surface area contributed by atoms with Crippen molar-refractivity contribution in [1.82, 2.24) is 14.9 Å². The van der Waals surface area contributed by atoms with Crippen molar-refractivity contribution in [3.05, 3.63) is 59.9 Å². The summed E-state index contributed by atoms with van der Waals surface area (Å²) >= 11 is 1.78. The minimum Gasteiger partial charge on any atom is -0.497 e. The molecule has 7 heteroatoms. The van der Waals surface area contributed by atoms with Crippen LogP contribution in [0.1, 0.15) is 36.7 Å². The predicted octanol–water partition coefficient (Wildman–Crippen LogP) is 4.24. The quantitative estimate of drug-likeness (QED) is 0.553. The zero-order valence-electron chi connectivity index (χ0n) is 19.0. The molecule has 3 aromatic rings. The second-order valence-electron chi connectivity index (χ2n) is 8.25. The summed E-state index contributed by atoms with van der Waals surface area (Å²) in [6, 6.07) is 15.8. The van der Waals surface area contributed by atoms with Crippen LogP contribution in [0.2, 0.25) is 0 Å². The van der Waals surface area contributed by atoms with E-state index >= 15 is 0 Å². The highest BCUT2D eigenvalue weighted by atomic mass is 32.2. The molecule has 0 bridgehead atoms. The Morgan fingerprint density at radius 3 is 2.59 bits per heavy atom. The Morgan fingerprint density at radius 1 is 1.22 bits per heavy atom. The number of hydrogen-bond acceptors (Lipinski definition) is 5. The smallest absolute Gasteiger partial charge is 0.231 e. The van der Waals surface area contributed by atoms with E-state index < -0.39 is 5.41 Å². The maximum atomic E-state index is 13.9. The van der Waals surface area contributed by atoms with E-state index in [2.05, 4.69) is 22.2 Å². The molecule has 0 radical (unpaired) electrons. The monoisotopic (exact) mass is 453 g/mol. The van der Waals surface area contributed by atoms with Crippen LogP contribution in [0.25, 0.3) is 11.0 Å². The SMILES string of the molecule is COc1ccc(C2(C(=O)NC(CCSC)c3nc4ccccc4n3C)CCOCC2)cc1. The number of amides is 1. The van der Waals surface area contributed by atoms with Gasteiger partial charge in [-0.05, 0) is 61.1 Å². The average Bonchev–Trinajstić information content (AvgIpc) is 3.18. The van der Waals surface area contributed by atoms with Crippen molar-refractivity contribution in [3.63, 3.8) is 0 Å². The van der Waals surface area contributed by atoms with Gasteiger partial charge in [-0.2, -0.15) is 11.8 Å². The number of rotatable bonds is 8. The van der Waals surface area contributed by atoms with Gasteiger partial charge in [0, 0.05) is 20.3 Å². The van der Waals surface area contributed by atoms with Crippen LogP contribution < -0.4 is 10.1 Å². The molecule has 6 nitrogen and oxygen atoms in total. The molecule has 1 aromatic heterocycles. The number of thioether (sulfide) groups is 1. The molecule has 1 amide bonds. The van der Waals surface area contributed by atoms with E-state index in [0.29, 0.717) is 26.1 Å². The Morgan fingerprint density at radius 2 is 1.94 bits per heavy atom. The maximum absolute atomic E-state index is 13.9. The molecule has 170 valence electrons. The van der Waals surface area contributed by atoms with E-state index in [0.717, 1.165) is 40.3 Å². The zero-order valence-corrected chi connectivity index (χ0v) is 19.8. The fraction of sp³-hybridized carbons (Fsp3) is 0.440. The first-order valence-corrected chi connectivity index (χ1v) is 12.4. The van der Waals surface area contributed by atoms with Gasteiger partial charge in [-0.25, -0.2) is 4.98 Å². The third-order valence-corrected chi connectivity index (χ3v) is 7.12. The number of carbonyl (C=O) groups is 1. The second-order valence-corrected chi connectivity index (χ2v) is 9.23. The minimum absolute atomic E-state index is 0.0455. The highest BCUT2D eigenvalue weighted by molar-refractivity contribution is 7.98. The molecular formula is C25H31N3O3S. The lowest BCUT2D eigenvalue weighted by atomic mass is 9.73. The van der Waals surface area contributed by atoms with E-state index in [1.807, 2.05) is 49.5 Å². The van der Waals surface area contributed by atoms with Gasteiger partial charge in [0.05, 0.1) is 29.6 Å². The first-order valence-electron chi connectivity index (χ1n) is 11.0. The predicted molar refractivity (Wildman–Crippen MR) is 129 cm³/mol. The van der Waals surface area contributed by atoms with Crippen molar-refractivity contribution in [2.24, 2.45) is 7.05 Å². The Balaban J connectivity index is 1.67. The molecule has 1 aliphatic rings. The van der Waals surface area contributed by atoms with Gasteiger partial charge in [0.2, 0.25) is 5.91 Å². The Labute approximate surface area is 193 Å². The van der Waals surface area contributed by atoms with Crippen LogP contribution in [0.4, 0.5) is 0 Å². The normalized spacial score (nSPS) is 16.6. The number of nitrogens with one attached hydrogen (secondary N) is 1. The number of hydrogen-bond donors (Lipinski definition) is 1. The number of para-hydroxylation sites is 2. The number of carbonyl (C=O) groups excluding carboxylic acids is 1. The van der Waals surface area contributed by atoms with Gasteiger partial charge in [0.1, 0.15) is 11.6 Å². The summed E-state index contributed by atoms with van der Waals surface area (Å²) in [5.74, 6) is 2.66. The molecule has 1 saturated heterocycles. The topological polar surface area (TPSA) is 65.4 Å². The maximum Gasteiger partial charge on any atom is 0.231 e. The van der Waals surface area contributed by atoms with Crippen LogP contribution in [0.15, 0.2) is 48.5 Å². The average molecular weight is 454 g/mol. The third-order valence-electron chi connectivity index (χ3n) is 6.47. The lowest BCUT2D eigenvalue weighted by Crippen LogP contribution is -2.49. The van der Waals surface area contributed by atoms with Gasteiger partial charge >= 0.3 is 0 Å². The molecule has 2 heterocycles. The number of aryl methyl sites for hydroxylation is 1. The summed E-state index contributed by atoms with van der Waals surface area (Å²) in [6.45, 7) is 1.14. The number of fused-ring (bicyclic) bond motifs is 1. The summed E-state index contributed by atoms with van der Waals surface area (Å²) in [5.41, 5.74) is 2.41. The molecule has 0 aliphatic carbocycles. The molecule has 32 heavy (non-hydrogen) atoms. The van der Waals surface area contributed by atoms with Crippen molar-refractivity contribution >= 4 is 28.7 Å². The molecule has 1 unspecified atom stereocenters. The fourth-order valence-electron chi connectivity index (χ4n) is 4.55. The van der Waals surface area contributed by atoms with Crippen LogP contribution in [0.3, 0.4) is 0 Å². The first-order chi connectivity index (χ1) is 15.6. The van der Waals surface area contributed by atoms with Crippen molar-refractivity contribution in [2.45, 2.75) is 30.7 Å². The van der Waals surface area contributed by atoms with Crippen LogP contribution in [0, 0.1) is 0 Å². The van der Waals surface area contributed by atoms with E-state index in [1.54, 1.807) is 18.9 Å². The van der Waals surface area contributed by atoms with Crippen LogP contribution in [-0.4, -0.2) is 47.8 Å². The van der Waals surface area contributed by atoms with Gasteiger partial charge in [-0.15, -0.1) is 0 Å². The number of benzene rings is 2. The summed E-state index contributed by atoms with van der Waals surface area (Å²) in [5, 5.41) is 3.39. The standard InChI is InChI=1S/C25H31N3O3S/c1-28-22-7-5-4-6-20(22)26-23(28)21(12-17-32-3)27-24(29)25(13-15-31-16-14-25)18-8-10-19(30-2)11-9-18/h4-11,21H,12-17H2,1-3H3,(H,27,29). The lowest BCUT2D eigenvalue weighted by Gasteiger charge is -2.37. The summed E-state index contributed by atoms with van der Waals surface area (Å²) < 4.78 is 13.1. The summed E-state index contributed by atoms with van der Waals surface area (Å²) in [4.78, 5) is 18.8. The number of methoxy groups -OCH3 is 1. The van der Waals surface area contributed by atoms with Crippen molar-refractivity contribution in [2.75, 3.05) is 32.3 Å². The molecule has 1 N–H and O–H groups in total. The largest absolute Gasteiger partial charge is 0.497 e. The van der Waals surface area contributed by atoms with Gasteiger partial charge in [-0.3, -0.25) is 4.79 Å². The molecule has 4 rings (SSSR count). The van der Waals surface area contributed by atoms with Crippen molar-refractivity contribution < 1.29 is 14.3 Å². The highest BCUT2D eigenvalue weighted by Crippen LogP contribution is 2.37. The van der Waals surface area contributed by atoms with Crippen LogP contribution >= 0.6 is 11.8 Å². The van der Waals surface area contributed by atoms with Crippen LogP contribution in [-0.2, 0) is 22.0 Å². The number of ether oxygens (including phenoxy) is 2. The summed E-state index contributed by atoms with van der Waals surface area (Å²) in [6.07, 6.45) is 4.22. The second kappa shape index (κ2) is 9.96.